The molecule has 2 aromatic carbocycles. The first-order valence-electron chi connectivity index (χ1n) is 15.6. The fourth-order valence-corrected chi connectivity index (χ4v) is 6.02. The Balaban J connectivity index is 2.54. The van der Waals surface area contributed by atoms with E-state index >= 15 is 8.78 Å². The zero-order valence-electron chi connectivity index (χ0n) is 28.7. The van der Waals surface area contributed by atoms with E-state index in [0.717, 1.165) is 18.2 Å². The predicted molar refractivity (Wildman–Crippen MR) is 181 cm³/mol. The van der Waals surface area contributed by atoms with Crippen LogP contribution in [-0.2, 0) is 24.7 Å². The summed E-state index contributed by atoms with van der Waals surface area (Å²) in [7, 11) is -1.22. The van der Waals surface area contributed by atoms with Crippen LogP contribution >= 0.6 is 23.2 Å². The largest absolute Gasteiger partial charge is 0.497 e. The lowest BCUT2D eigenvalue weighted by molar-refractivity contribution is -0.224. The summed E-state index contributed by atoms with van der Waals surface area (Å²) >= 11 is 11.8. The number of amides is 1. The van der Waals surface area contributed by atoms with Crippen LogP contribution in [0.1, 0.15) is 64.6 Å². The number of carbonyl (C=O) groups is 3. The van der Waals surface area contributed by atoms with Gasteiger partial charge in [-0.1, -0.05) is 76.0 Å². The first-order valence-corrected chi connectivity index (χ1v) is 19.2. The summed E-state index contributed by atoms with van der Waals surface area (Å²) in [6.07, 6.45) is -9.64. The molecule has 49 heavy (non-hydrogen) atoms. The molecule has 0 bridgehead atoms. The molecule has 0 aliphatic heterocycles. The van der Waals surface area contributed by atoms with Crippen molar-refractivity contribution in [3.05, 3.63) is 63.6 Å². The van der Waals surface area contributed by atoms with Gasteiger partial charge in [0, 0.05) is 30.9 Å². The number of aliphatic hydroxyl groups is 1. The second kappa shape index (κ2) is 16.6. The van der Waals surface area contributed by atoms with Gasteiger partial charge in [-0.05, 0) is 53.9 Å². The third-order valence-corrected chi connectivity index (χ3v) is 14.2. The molecule has 2 N–H and O–H groups in total. The van der Waals surface area contributed by atoms with Crippen molar-refractivity contribution in [3.8, 4) is 5.75 Å². The monoisotopic (exact) mass is 755 g/mol. The SMILES string of the molecule is COc1ccc([C@H](NC(=O)[C@H](CO[Si](C)(C)C(C)(C)C)CC(=O)C(F)(F)c2ccc(Cl)c(Cl)c2)C(=O)C[C@@H](C(C)C)[C@H](O)C(F)(F)F)cc1. The van der Waals surface area contributed by atoms with Crippen LogP contribution < -0.4 is 10.1 Å². The summed E-state index contributed by atoms with van der Waals surface area (Å²) in [5, 5.41) is 12.0. The van der Waals surface area contributed by atoms with Crippen LogP contribution in [0.25, 0.3) is 0 Å². The van der Waals surface area contributed by atoms with Crippen molar-refractivity contribution in [2.45, 2.75) is 89.8 Å². The van der Waals surface area contributed by atoms with E-state index < -0.39 is 92.8 Å². The molecule has 1 amide bonds. The molecule has 0 radical (unpaired) electrons. The van der Waals surface area contributed by atoms with Crippen LogP contribution in [0.15, 0.2) is 42.5 Å². The van der Waals surface area contributed by atoms with Crippen molar-refractivity contribution in [1.82, 2.24) is 5.32 Å². The number of aliphatic hydroxyl groups excluding tert-OH is 1. The number of hydrogen-bond acceptors (Lipinski definition) is 6. The van der Waals surface area contributed by atoms with E-state index in [4.69, 9.17) is 32.4 Å². The molecule has 0 aliphatic rings. The molecule has 2 rings (SSSR count). The summed E-state index contributed by atoms with van der Waals surface area (Å²) in [4.78, 5) is 40.8. The number of carbonyl (C=O) groups excluding carboxylic acids is 3. The second-order valence-electron chi connectivity index (χ2n) is 13.9. The number of methoxy groups -OCH3 is 1. The maximum absolute atomic E-state index is 15.5. The van der Waals surface area contributed by atoms with Gasteiger partial charge >= 0.3 is 12.1 Å². The zero-order valence-corrected chi connectivity index (χ0v) is 31.2. The average Bonchev–Trinajstić information content (AvgIpc) is 3.00. The standard InChI is InChI=1S/C34H44Cl2F5NO6Si/c1-19(2)24(30(45)34(39,40)41)17-27(43)29(20-9-12-23(47-6)13-10-20)42-31(46)21(18-48-49(7,8)32(3,4)5)15-28(44)33(37,38)22-11-14-25(35)26(36)16-22/h9-14,16,19,21,24,29-30,45H,15,17-18H2,1-8H3,(H,42,46)/t21-,24-,29-,30-/m0/s1. The molecule has 7 nitrogen and oxygen atoms in total. The molecule has 2 aromatic rings. The molecule has 0 saturated carbocycles. The summed E-state index contributed by atoms with van der Waals surface area (Å²) in [5.41, 5.74) is -0.592. The third-order valence-electron chi connectivity index (χ3n) is 8.98. The van der Waals surface area contributed by atoms with Gasteiger partial charge in [0.1, 0.15) is 11.8 Å². The van der Waals surface area contributed by atoms with E-state index in [9.17, 15) is 32.7 Å². The van der Waals surface area contributed by atoms with Crippen LogP contribution in [0.2, 0.25) is 28.2 Å². The zero-order chi connectivity index (χ0) is 37.7. The number of halogens is 7. The summed E-state index contributed by atoms with van der Waals surface area (Å²) < 4.78 is 82.8. The average molecular weight is 757 g/mol. The van der Waals surface area contributed by atoms with Crippen LogP contribution in [0, 0.1) is 17.8 Å². The maximum Gasteiger partial charge on any atom is 0.414 e. The Morgan fingerprint density at radius 1 is 0.918 bits per heavy atom. The quantitative estimate of drug-likeness (QED) is 0.131. The van der Waals surface area contributed by atoms with Crippen molar-refractivity contribution in [2.75, 3.05) is 13.7 Å². The van der Waals surface area contributed by atoms with E-state index in [1.54, 1.807) is 0 Å². The Hall–Kier alpha value is -2.58. The lowest BCUT2D eigenvalue weighted by Gasteiger charge is -2.37. The van der Waals surface area contributed by atoms with Gasteiger partial charge in [-0.25, -0.2) is 0 Å². The van der Waals surface area contributed by atoms with Gasteiger partial charge in [0.05, 0.1) is 23.1 Å². The van der Waals surface area contributed by atoms with Crippen LogP contribution in [-0.4, -0.2) is 56.9 Å². The molecule has 0 aliphatic carbocycles. The molecule has 0 heterocycles. The first kappa shape index (κ1) is 42.6. The Kier molecular flexibility index (Phi) is 14.4. The number of rotatable bonds is 16. The molecule has 274 valence electrons. The van der Waals surface area contributed by atoms with Crippen LogP contribution in [0.5, 0.6) is 5.75 Å². The van der Waals surface area contributed by atoms with Gasteiger partial charge in [0.2, 0.25) is 11.7 Å². The van der Waals surface area contributed by atoms with Crippen molar-refractivity contribution in [3.63, 3.8) is 0 Å². The highest BCUT2D eigenvalue weighted by atomic mass is 35.5. The minimum Gasteiger partial charge on any atom is -0.497 e. The minimum atomic E-state index is -5.01. The third kappa shape index (κ3) is 11.2. The number of ether oxygens (including phenoxy) is 1. The van der Waals surface area contributed by atoms with Gasteiger partial charge in [-0.15, -0.1) is 0 Å². The van der Waals surface area contributed by atoms with E-state index in [-0.39, 0.29) is 20.6 Å². The highest BCUT2D eigenvalue weighted by Gasteiger charge is 2.47. The van der Waals surface area contributed by atoms with Crippen molar-refractivity contribution >= 4 is 49.0 Å². The van der Waals surface area contributed by atoms with E-state index in [0.29, 0.717) is 5.75 Å². The number of benzene rings is 2. The van der Waals surface area contributed by atoms with Gasteiger partial charge in [-0.2, -0.15) is 22.0 Å². The molecular weight excluding hydrogens is 712 g/mol. The molecule has 0 unspecified atom stereocenters. The lowest BCUT2D eigenvalue weighted by Crippen LogP contribution is -2.46. The normalized spacial score (nSPS) is 15.4. The highest BCUT2D eigenvalue weighted by Crippen LogP contribution is 2.39. The Labute approximate surface area is 295 Å². The molecule has 0 saturated heterocycles. The van der Waals surface area contributed by atoms with E-state index in [1.807, 2.05) is 33.9 Å². The van der Waals surface area contributed by atoms with Gasteiger partial charge in [0.15, 0.2) is 20.2 Å². The Morgan fingerprint density at radius 2 is 1.49 bits per heavy atom. The number of hydrogen-bond donors (Lipinski definition) is 2. The van der Waals surface area contributed by atoms with Gasteiger partial charge < -0.3 is 19.6 Å². The van der Waals surface area contributed by atoms with Crippen molar-refractivity contribution < 1.29 is 50.6 Å². The minimum absolute atomic E-state index is 0.00890. The number of alkyl halides is 5. The Morgan fingerprint density at radius 3 is 1.96 bits per heavy atom. The fraction of sp³-hybridized carbons (Fsp3) is 0.559. The van der Waals surface area contributed by atoms with Gasteiger partial charge in [-0.3, -0.25) is 14.4 Å². The van der Waals surface area contributed by atoms with Crippen molar-refractivity contribution in [1.29, 1.82) is 0 Å². The van der Waals surface area contributed by atoms with Crippen LogP contribution in [0.4, 0.5) is 22.0 Å². The fourth-order valence-electron chi connectivity index (χ4n) is 4.67. The van der Waals surface area contributed by atoms with Crippen molar-refractivity contribution in [2.24, 2.45) is 17.8 Å². The molecular formula is C34H44Cl2F5NO6Si. The lowest BCUT2D eigenvalue weighted by atomic mass is 9.83. The van der Waals surface area contributed by atoms with Crippen LogP contribution in [0.3, 0.4) is 0 Å². The predicted octanol–water partition coefficient (Wildman–Crippen LogP) is 8.70. The first-order chi connectivity index (χ1) is 22.3. The summed E-state index contributed by atoms with van der Waals surface area (Å²) in [6, 6.07) is 7.08. The number of ketones is 2. The Bertz CT molecular complexity index is 1460. The number of Topliss-reactive ketones (excluding diaryl/α,β-unsaturated/α-hetero) is 2. The summed E-state index contributed by atoms with van der Waals surface area (Å²) in [6.45, 7) is 11.8. The number of nitrogens with one attached hydrogen (secondary N) is 1. The summed E-state index contributed by atoms with van der Waals surface area (Å²) in [5.74, 6) is -11.1. The molecule has 0 aromatic heterocycles. The molecule has 0 spiro atoms. The molecule has 4 atom stereocenters. The smallest absolute Gasteiger partial charge is 0.414 e. The van der Waals surface area contributed by atoms with E-state index in [2.05, 4.69) is 5.32 Å². The molecule has 15 heteroatoms. The topological polar surface area (TPSA) is 102 Å². The van der Waals surface area contributed by atoms with E-state index in [1.165, 1.54) is 45.2 Å². The highest BCUT2D eigenvalue weighted by molar-refractivity contribution is 6.74. The molecule has 0 fully saturated rings. The van der Waals surface area contributed by atoms with Gasteiger partial charge in [0.25, 0.3) is 0 Å². The maximum atomic E-state index is 15.5. The second-order valence-corrected chi connectivity index (χ2v) is 19.5.